The lowest BCUT2D eigenvalue weighted by molar-refractivity contribution is 0.0487. The predicted octanol–water partition coefficient (Wildman–Crippen LogP) is 2.75. The highest BCUT2D eigenvalue weighted by Gasteiger charge is 2.18. The van der Waals surface area contributed by atoms with Crippen molar-refractivity contribution in [2.45, 2.75) is 40.5 Å². The van der Waals surface area contributed by atoms with Crippen LogP contribution in [0.2, 0.25) is 0 Å². The van der Waals surface area contributed by atoms with Crippen molar-refractivity contribution >= 4 is 5.97 Å². The van der Waals surface area contributed by atoms with Gasteiger partial charge in [0.25, 0.3) is 0 Å². The van der Waals surface area contributed by atoms with Gasteiger partial charge in [-0.05, 0) is 26.2 Å². The van der Waals surface area contributed by atoms with Crippen molar-refractivity contribution in [3.63, 3.8) is 0 Å². The number of nitrogens with zero attached hydrogens (tertiary/aromatic N) is 1. The van der Waals surface area contributed by atoms with Crippen molar-refractivity contribution in [2.24, 2.45) is 5.92 Å². The number of hydrogen-bond donors (Lipinski definition) is 0. The molecule has 0 bridgehead atoms. The lowest BCUT2D eigenvalue weighted by Crippen LogP contribution is -2.04. The van der Waals surface area contributed by atoms with Crippen molar-refractivity contribution in [1.82, 2.24) is 4.98 Å². The van der Waals surface area contributed by atoms with Crippen LogP contribution in [0.1, 0.15) is 49.3 Å². The fraction of sp³-hybridized carbons (Fsp3) is 0.667. The normalized spacial score (nSPS) is 10.8. The molecule has 1 heterocycles. The molecule has 0 aliphatic rings. The Bertz CT molecular complexity index is 355. The van der Waals surface area contributed by atoms with Crippen LogP contribution in [0.15, 0.2) is 4.42 Å². The smallest absolute Gasteiger partial charge is 0.376 e. The van der Waals surface area contributed by atoms with Gasteiger partial charge in [-0.3, -0.25) is 0 Å². The van der Waals surface area contributed by atoms with Gasteiger partial charge in [0.05, 0.1) is 12.3 Å². The Kier molecular flexibility index (Phi) is 4.52. The van der Waals surface area contributed by atoms with Gasteiger partial charge >= 0.3 is 5.97 Å². The van der Waals surface area contributed by atoms with Crippen LogP contribution in [0, 0.1) is 12.8 Å². The molecule has 0 N–H and O–H groups in total. The fourth-order valence-electron chi connectivity index (χ4n) is 1.36. The Morgan fingerprint density at radius 2 is 2.19 bits per heavy atom. The number of aromatic nitrogens is 1. The molecule has 4 nitrogen and oxygen atoms in total. The Morgan fingerprint density at radius 3 is 2.75 bits per heavy atom. The van der Waals surface area contributed by atoms with E-state index in [1.165, 1.54) is 0 Å². The number of esters is 1. The SMILES string of the molecule is CCOC(=O)c1oc(CCC(C)C)nc1C. The van der Waals surface area contributed by atoms with E-state index in [-0.39, 0.29) is 5.76 Å². The average Bonchev–Trinajstić information content (AvgIpc) is 2.57. The van der Waals surface area contributed by atoms with E-state index in [4.69, 9.17) is 9.15 Å². The summed E-state index contributed by atoms with van der Waals surface area (Å²) >= 11 is 0. The van der Waals surface area contributed by atoms with E-state index in [2.05, 4.69) is 18.8 Å². The van der Waals surface area contributed by atoms with Crippen LogP contribution in [0.5, 0.6) is 0 Å². The summed E-state index contributed by atoms with van der Waals surface area (Å²) in [6, 6.07) is 0. The summed E-state index contributed by atoms with van der Waals surface area (Å²) in [6.07, 6.45) is 1.76. The molecule has 0 unspecified atom stereocenters. The first-order valence-electron chi connectivity index (χ1n) is 5.68. The number of hydrogen-bond acceptors (Lipinski definition) is 4. The molecule has 0 fully saturated rings. The number of carbonyl (C=O) groups excluding carboxylic acids is 1. The average molecular weight is 225 g/mol. The van der Waals surface area contributed by atoms with E-state index >= 15 is 0 Å². The van der Waals surface area contributed by atoms with Crippen LogP contribution in [-0.2, 0) is 11.2 Å². The summed E-state index contributed by atoms with van der Waals surface area (Å²) < 4.78 is 10.3. The van der Waals surface area contributed by atoms with E-state index in [1.807, 2.05) is 0 Å². The van der Waals surface area contributed by atoms with Gasteiger partial charge in [0.1, 0.15) is 0 Å². The molecular weight excluding hydrogens is 206 g/mol. The summed E-state index contributed by atoms with van der Waals surface area (Å²) in [6.45, 7) is 8.16. The maximum absolute atomic E-state index is 11.5. The number of carbonyl (C=O) groups is 1. The minimum atomic E-state index is -0.428. The molecule has 0 amide bonds. The van der Waals surface area contributed by atoms with Crippen molar-refractivity contribution in [3.8, 4) is 0 Å². The van der Waals surface area contributed by atoms with Crippen LogP contribution in [0.3, 0.4) is 0 Å². The van der Waals surface area contributed by atoms with E-state index in [0.29, 0.717) is 24.1 Å². The largest absolute Gasteiger partial charge is 0.460 e. The Hall–Kier alpha value is -1.32. The lowest BCUT2D eigenvalue weighted by Gasteiger charge is -2.00. The summed E-state index contributed by atoms with van der Waals surface area (Å²) in [7, 11) is 0. The fourth-order valence-corrected chi connectivity index (χ4v) is 1.36. The third-order valence-corrected chi connectivity index (χ3v) is 2.24. The highest BCUT2D eigenvalue weighted by Crippen LogP contribution is 2.14. The predicted molar refractivity (Wildman–Crippen MR) is 60.4 cm³/mol. The molecule has 4 heteroatoms. The molecule has 0 radical (unpaired) electrons. The maximum Gasteiger partial charge on any atom is 0.376 e. The molecule has 0 atom stereocenters. The van der Waals surface area contributed by atoms with Gasteiger partial charge in [-0.25, -0.2) is 9.78 Å². The van der Waals surface area contributed by atoms with Crippen LogP contribution in [-0.4, -0.2) is 17.6 Å². The minimum Gasteiger partial charge on any atom is -0.460 e. The molecule has 1 aromatic rings. The van der Waals surface area contributed by atoms with Gasteiger partial charge < -0.3 is 9.15 Å². The number of ether oxygens (including phenoxy) is 1. The van der Waals surface area contributed by atoms with Crippen LogP contribution in [0.25, 0.3) is 0 Å². The highest BCUT2D eigenvalue weighted by molar-refractivity contribution is 5.87. The molecule has 0 aliphatic carbocycles. The van der Waals surface area contributed by atoms with E-state index in [9.17, 15) is 4.79 Å². The molecule has 0 aliphatic heterocycles. The van der Waals surface area contributed by atoms with Crippen molar-refractivity contribution in [3.05, 3.63) is 17.3 Å². The first-order chi connectivity index (χ1) is 7.54. The van der Waals surface area contributed by atoms with E-state index in [1.54, 1.807) is 13.8 Å². The molecule has 16 heavy (non-hydrogen) atoms. The molecule has 0 spiro atoms. The van der Waals surface area contributed by atoms with Gasteiger partial charge in [-0.2, -0.15) is 0 Å². The van der Waals surface area contributed by atoms with Crippen molar-refractivity contribution in [2.75, 3.05) is 6.61 Å². The quantitative estimate of drug-likeness (QED) is 0.723. The second kappa shape index (κ2) is 5.68. The van der Waals surface area contributed by atoms with E-state index in [0.717, 1.165) is 12.8 Å². The van der Waals surface area contributed by atoms with E-state index < -0.39 is 5.97 Å². The summed E-state index contributed by atoms with van der Waals surface area (Å²) in [5.74, 6) is 1.02. The minimum absolute atomic E-state index is 0.237. The first-order valence-corrected chi connectivity index (χ1v) is 5.68. The monoisotopic (exact) mass is 225 g/mol. The lowest BCUT2D eigenvalue weighted by atomic mass is 10.1. The van der Waals surface area contributed by atoms with Crippen molar-refractivity contribution < 1.29 is 13.9 Å². The molecule has 0 aromatic carbocycles. The molecule has 1 rings (SSSR count). The van der Waals surface area contributed by atoms with Gasteiger partial charge in [0.15, 0.2) is 5.89 Å². The van der Waals surface area contributed by atoms with Gasteiger partial charge in [0.2, 0.25) is 5.76 Å². The zero-order valence-corrected chi connectivity index (χ0v) is 10.4. The third kappa shape index (κ3) is 3.36. The molecule has 0 saturated carbocycles. The van der Waals surface area contributed by atoms with Gasteiger partial charge in [-0.1, -0.05) is 13.8 Å². The summed E-state index contributed by atoms with van der Waals surface area (Å²) in [4.78, 5) is 15.7. The molecular formula is C12H19NO3. The number of aryl methyl sites for hydroxylation is 2. The van der Waals surface area contributed by atoms with Gasteiger partial charge in [0, 0.05) is 6.42 Å². The standard InChI is InChI=1S/C12H19NO3/c1-5-15-12(14)11-9(4)13-10(16-11)7-6-8(2)3/h8H,5-7H2,1-4H3. The van der Waals surface area contributed by atoms with Gasteiger partial charge in [-0.15, -0.1) is 0 Å². The van der Waals surface area contributed by atoms with Crippen LogP contribution in [0.4, 0.5) is 0 Å². The number of oxazole rings is 1. The molecule has 90 valence electrons. The number of rotatable bonds is 5. The highest BCUT2D eigenvalue weighted by atomic mass is 16.5. The zero-order chi connectivity index (χ0) is 12.1. The summed E-state index contributed by atoms with van der Waals surface area (Å²) in [5.41, 5.74) is 0.609. The van der Waals surface area contributed by atoms with Crippen molar-refractivity contribution in [1.29, 1.82) is 0 Å². The Labute approximate surface area is 96.0 Å². The second-order valence-corrected chi connectivity index (χ2v) is 4.18. The third-order valence-electron chi connectivity index (χ3n) is 2.24. The molecule has 0 saturated heterocycles. The summed E-state index contributed by atoms with van der Waals surface area (Å²) in [5, 5.41) is 0. The zero-order valence-electron chi connectivity index (χ0n) is 10.4. The molecule has 1 aromatic heterocycles. The van der Waals surface area contributed by atoms with Crippen LogP contribution >= 0.6 is 0 Å². The topological polar surface area (TPSA) is 52.3 Å². The first kappa shape index (κ1) is 12.7. The Balaban J connectivity index is 2.69. The Morgan fingerprint density at radius 1 is 1.50 bits per heavy atom. The van der Waals surface area contributed by atoms with Crippen LogP contribution < -0.4 is 0 Å². The maximum atomic E-state index is 11.5. The second-order valence-electron chi connectivity index (χ2n) is 4.18.